The van der Waals surface area contributed by atoms with E-state index in [1.54, 1.807) is 17.5 Å². The minimum atomic E-state index is -0.997. The molecule has 0 unspecified atom stereocenters. The summed E-state index contributed by atoms with van der Waals surface area (Å²) in [5.74, 6) is -0.538. The molecule has 5 nitrogen and oxygen atoms in total. The van der Waals surface area contributed by atoms with E-state index in [0.29, 0.717) is 11.3 Å². The molecular formula is C17H14N2O3S. The standard InChI is InChI=1S/C17H14N2O3S/c20-13(14-6-3-9-23-14)10-19-15(21)17(18-16(19)22)8-7-11-4-1-2-5-12(11)17/h1-6,9H,7-8,10H2,(H,18,22)/t17-/m1/s1. The van der Waals surface area contributed by atoms with Crippen molar-refractivity contribution in [3.63, 3.8) is 0 Å². The van der Waals surface area contributed by atoms with Crippen LogP contribution in [-0.2, 0) is 16.8 Å². The minimum Gasteiger partial charge on any atom is -0.319 e. The molecule has 6 heteroatoms. The van der Waals surface area contributed by atoms with E-state index in [9.17, 15) is 14.4 Å². The lowest BCUT2D eigenvalue weighted by atomic mass is 9.92. The Morgan fingerprint density at radius 2 is 2.04 bits per heavy atom. The van der Waals surface area contributed by atoms with Crippen LogP contribution >= 0.6 is 11.3 Å². The number of amides is 3. The molecule has 3 amide bonds. The van der Waals surface area contributed by atoms with Crippen LogP contribution in [0.3, 0.4) is 0 Å². The van der Waals surface area contributed by atoms with E-state index in [-0.39, 0.29) is 18.2 Å². The number of fused-ring (bicyclic) bond motifs is 2. The number of urea groups is 1. The summed E-state index contributed by atoms with van der Waals surface area (Å²) in [5.41, 5.74) is 0.931. The molecular weight excluding hydrogens is 312 g/mol. The molecule has 1 aromatic carbocycles. The largest absolute Gasteiger partial charge is 0.325 e. The number of Topliss-reactive ketones (excluding diaryl/α,β-unsaturated/α-hetero) is 1. The maximum Gasteiger partial charge on any atom is 0.325 e. The van der Waals surface area contributed by atoms with E-state index >= 15 is 0 Å². The molecule has 116 valence electrons. The smallest absolute Gasteiger partial charge is 0.319 e. The highest BCUT2D eigenvalue weighted by atomic mass is 32.1. The lowest BCUT2D eigenvalue weighted by Gasteiger charge is -2.22. The molecule has 1 atom stereocenters. The highest BCUT2D eigenvalue weighted by molar-refractivity contribution is 7.12. The van der Waals surface area contributed by atoms with E-state index in [1.165, 1.54) is 11.3 Å². The molecule has 1 aromatic heterocycles. The molecule has 2 heterocycles. The second-order valence-electron chi connectivity index (χ2n) is 5.78. The fourth-order valence-electron chi connectivity index (χ4n) is 3.39. The first-order valence-corrected chi connectivity index (χ1v) is 8.29. The quantitative estimate of drug-likeness (QED) is 0.695. The van der Waals surface area contributed by atoms with Gasteiger partial charge in [0.05, 0.1) is 11.4 Å². The number of nitrogens with one attached hydrogen (secondary N) is 1. The number of imide groups is 1. The van der Waals surface area contributed by atoms with E-state index in [1.807, 2.05) is 24.3 Å². The van der Waals surface area contributed by atoms with Crippen LogP contribution in [0.2, 0.25) is 0 Å². The van der Waals surface area contributed by atoms with Crippen LogP contribution in [0.25, 0.3) is 0 Å². The second kappa shape index (κ2) is 5.03. The fraction of sp³-hybridized carbons (Fsp3) is 0.235. The van der Waals surface area contributed by atoms with Gasteiger partial charge in [0.1, 0.15) is 5.54 Å². The van der Waals surface area contributed by atoms with Crippen molar-refractivity contribution in [2.75, 3.05) is 6.54 Å². The molecule has 1 fully saturated rings. The maximum atomic E-state index is 12.9. The second-order valence-corrected chi connectivity index (χ2v) is 6.73. The van der Waals surface area contributed by atoms with Crippen molar-refractivity contribution in [3.8, 4) is 0 Å². The van der Waals surface area contributed by atoms with Crippen LogP contribution in [0.5, 0.6) is 0 Å². The van der Waals surface area contributed by atoms with Gasteiger partial charge in [-0.25, -0.2) is 4.79 Å². The van der Waals surface area contributed by atoms with Crippen LogP contribution in [0.1, 0.15) is 27.2 Å². The lowest BCUT2D eigenvalue weighted by molar-refractivity contribution is -0.131. The molecule has 1 saturated heterocycles. The number of nitrogens with zero attached hydrogens (tertiary/aromatic N) is 1. The average Bonchev–Trinajstić information content (AvgIpc) is 3.25. The van der Waals surface area contributed by atoms with Gasteiger partial charge in [-0.05, 0) is 35.4 Å². The Bertz CT molecular complexity index is 815. The normalized spacial score (nSPS) is 22.5. The maximum absolute atomic E-state index is 12.9. The fourth-order valence-corrected chi connectivity index (χ4v) is 4.05. The predicted octanol–water partition coefficient (Wildman–Crippen LogP) is 2.32. The van der Waals surface area contributed by atoms with Crippen molar-refractivity contribution in [3.05, 3.63) is 57.8 Å². The number of ketones is 1. The van der Waals surface area contributed by atoms with Gasteiger partial charge in [-0.2, -0.15) is 0 Å². The summed E-state index contributed by atoms with van der Waals surface area (Å²) in [7, 11) is 0. The molecule has 2 aliphatic rings. The summed E-state index contributed by atoms with van der Waals surface area (Å²) in [6.07, 6.45) is 1.29. The number of thiophene rings is 1. The van der Waals surface area contributed by atoms with Crippen LogP contribution < -0.4 is 5.32 Å². The molecule has 2 aromatic rings. The summed E-state index contributed by atoms with van der Waals surface area (Å²) >= 11 is 1.31. The summed E-state index contributed by atoms with van der Waals surface area (Å²) < 4.78 is 0. The average molecular weight is 326 g/mol. The van der Waals surface area contributed by atoms with Gasteiger partial charge >= 0.3 is 6.03 Å². The van der Waals surface area contributed by atoms with Gasteiger partial charge in [-0.3, -0.25) is 14.5 Å². The van der Waals surface area contributed by atoms with Crippen molar-refractivity contribution in [1.29, 1.82) is 0 Å². The number of carbonyl (C=O) groups excluding carboxylic acids is 3. The highest BCUT2D eigenvalue weighted by Crippen LogP contribution is 2.41. The predicted molar refractivity (Wildman–Crippen MR) is 85.3 cm³/mol. The monoisotopic (exact) mass is 326 g/mol. The SMILES string of the molecule is O=C(CN1C(=O)N[C@@]2(CCc3ccccc32)C1=O)c1cccs1. The zero-order valence-electron chi connectivity index (χ0n) is 12.2. The lowest BCUT2D eigenvalue weighted by Crippen LogP contribution is -2.42. The third kappa shape index (κ3) is 2.02. The van der Waals surface area contributed by atoms with E-state index in [2.05, 4.69) is 5.32 Å². The molecule has 1 aliphatic heterocycles. The van der Waals surface area contributed by atoms with Crippen LogP contribution in [0, 0.1) is 0 Å². The number of carbonyl (C=O) groups is 3. The Morgan fingerprint density at radius 3 is 2.83 bits per heavy atom. The molecule has 1 aliphatic carbocycles. The Labute approximate surface area is 136 Å². The molecule has 0 bridgehead atoms. The van der Waals surface area contributed by atoms with Crippen molar-refractivity contribution < 1.29 is 14.4 Å². The number of rotatable bonds is 3. The van der Waals surface area contributed by atoms with Gasteiger partial charge in [0.2, 0.25) is 0 Å². The Morgan fingerprint density at radius 1 is 1.22 bits per heavy atom. The van der Waals surface area contributed by atoms with E-state index in [4.69, 9.17) is 0 Å². The molecule has 1 N–H and O–H groups in total. The van der Waals surface area contributed by atoms with Gasteiger partial charge in [0.25, 0.3) is 5.91 Å². The zero-order valence-corrected chi connectivity index (χ0v) is 13.1. The Kier molecular flexibility index (Phi) is 3.09. The molecule has 4 rings (SSSR count). The van der Waals surface area contributed by atoms with Gasteiger partial charge in [0.15, 0.2) is 5.78 Å². The molecule has 0 radical (unpaired) electrons. The van der Waals surface area contributed by atoms with E-state index in [0.717, 1.165) is 22.4 Å². The first kappa shape index (κ1) is 14.1. The summed E-state index contributed by atoms with van der Waals surface area (Å²) in [6, 6.07) is 10.6. The number of benzene rings is 1. The molecule has 1 spiro atoms. The Balaban J connectivity index is 1.64. The van der Waals surface area contributed by atoms with Gasteiger partial charge in [-0.1, -0.05) is 30.3 Å². The van der Waals surface area contributed by atoms with Gasteiger partial charge in [-0.15, -0.1) is 11.3 Å². The van der Waals surface area contributed by atoms with Crippen molar-refractivity contribution in [2.24, 2.45) is 0 Å². The highest BCUT2D eigenvalue weighted by Gasteiger charge is 2.55. The first-order chi connectivity index (χ1) is 11.1. The van der Waals surface area contributed by atoms with Gasteiger partial charge < -0.3 is 5.32 Å². The third-order valence-corrected chi connectivity index (χ3v) is 5.43. The Hall–Kier alpha value is -2.47. The first-order valence-electron chi connectivity index (χ1n) is 7.41. The third-order valence-electron chi connectivity index (χ3n) is 4.52. The van der Waals surface area contributed by atoms with E-state index < -0.39 is 11.6 Å². The zero-order chi connectivity index (χ0) is 16.0. The molecule has 0 saturated carbocycles. The van der Waals surface area contributed by atoms with Crippen molar-refractivity contribution in [1.82, 2.24) is 10.2 Å². The summed E-state index contributed by atoms with van der Waals surface area (Å²) in [5, 5.41) is 4.62. The number of hydrogen-bond acceptors (Lipinski definition) is 4. The van der Waals surface area contributed by atoms with Gasteiger partial charge in [0, 0.05) is 0 Å². The summed E-state index contributed by atoms with van der Waals surface area (Å²) in [6.45, 7) is -0.213. The van der Waals surface area contributed by atoms with Crippen molar-refractivity contribution >= 4 is 29.1 Å². The number of hydrogen-bond donors (Lipinski definition) is 1. The minimum absolute atomic E-state index is 0.213. The summed E-state index contributed by atoms with van der Waals surface area (Å²) in [4.78, 5) is 39.0. The van der Waals surface area contributed by atoms with Crippen LogP contribution in [0.15, 0.2) is 41.8 Å². The topological polar surface area (TPSA) is 66.5 Å². The molecule has 23 heavy (non-hydrogen) atoms. The number of aryl methyl sites for hydroxylation is 1. The van der Waals surface area contributed by atoms with Crippen LogP contribution in [-0.4, -0.2) is 29.2 Å². The van der Waals surface area contributed by atoms with Crippen LogP contribution in [0.4, 0.5) is 4.79 Å². The van der Waals surface area contributed by atoms with Crippen molar-refractivity contribution in [2.45, 2.75) is 18.4 Å².